The molecule has 2 rings (SSSR count). The molecule has 4 nitrogen and oxygen atoms in total. The number of rotatable bonds is 3. The molecule has 1 aliphatic rings. The molecule has 1 saturated heterocycles. The van der Waals surface area contributed by atoms with Gasteiger partial charge >= 0.3 is 5.97 Å². The van der Waals surface area contributed by atoms with Crippen LogP contribution in [0.4, 0.5) is 11.4 Å². The van der Waals surface area contributed by atoms with Crippen LogP contribution in [-0.2, 0) is 4.74 Å². The molecule has 1 aliphatic heterocycles. The fourth-order valence-electron chi connectivity index (χ4n) is 2.83. The number of nitrogens with two attached hydrogens (primary N) is 1. The third kappa shape index (κ3) is 3.26. The molecule has 1 aromatic carbocycles. The van der Waals surface area contributed by atoms with Gasteiger partial charge in [-0.1, -0.05) is 31.9 Å². The number of methoxy groups -OCH3 is 1. The maximum Gasteiger partial charge on any atom is 0.340 e. The topological polar surface area (TPSA) is 55.6 Å². The minimum Gasteiger partial charge on any atom is -0.465 e. The third-order valence-electron chi connectivity index (χ3n) is 4.63. The van der Waals surface area contributed by atoms with Crippen molar-refractivity contribution in [3.05, 3.63) is 22.7 Å². The number of hydrogen-bond donors (Lipinski definition) is 1. The second kappa shape index (κ2) is 6.14. The fraction of sp³-hybridized carbons (Fsp3) is 0.562. The van der Waals surface area contributed by atoms with E-state index in [1.807, 2.05) is 0 Å². The highest BCUT2D eigenvalue weighted by atomic mass is 35.5. The number of ether oxygens (including phenoxy) is 1. The van der Waals surface area contributed by atoms with Crippen molar-refractivity contribution in [2.45, 2.75) is 33.1 Å². The summed E-state index contributed by atoms with van der Waals surface area (Å²) in [5.74, 6) is -0.400. The van der Waals surface area contributed by atoms with E-state index in [0.29, 0.717) is 21.7 Å². The van der Waals surface area contributed by atoms with E-state index in [-0.39, 0.29) is 0 Å². The Bertz CT molecular complexity index is 537. The first-order valence-electron chi connectivity index (χ1n) is 7.32. The number of nitrogen functional groups attached to an aromatic ring is 1. The van der Waals surface area contributed by atoms with Crippen molar-refractivity contribution in [2.75, 3.05) is 30.8 Å². The number of carbonyl (C=O) groups excluding carboxylic acids is 1. The molecule has 0 saturated carbocycles. The molecular formula is C16H23ClN2O2. The molecule has 2 N–H and O–H groups in total. The van der Waals surface area contributed by atoms with E-state index in [4.69, 9.17) is 22.1 Å². The van der Waals surface area contributed by atoms with Crippen molar-refractivity contribution in [2.24, 2.45) is 5.41 Å². The van der Waals surface area contributed by atoms with Gasteiger partial charge in [-0.15, -0.1) is 0 Å². The lowest BCUT2D eigenvalue weighted by Crippen LogP contribution is -2.39. The second-order valence-electron chi connectivity index (χ2n) is 6.04. The van der Waals surface area contributed by atoms with Crippen LogP contribution in [0.2, 0.25) is 5.02 Å². The number of benzene rings is 1. The summed E-state index contributed by atoms with van der Waals surface area (Å²) in [6, 6.07) is 3.33. The van der Waals surface area contributed by atoms with Gasteiger partial charge in [-0.05, 0) is 30.4 Å². The molecule has 1 fully saturated rings. The van der Waals surface area contributed by atoms with Crippen molar-refractivity contribution in [3.8, 4) is 0 Å². The van der Waals surface area contributed by atoms with E-state index in [0.717, 1.165) is 31.6 Å². The van der Waals surface area contributed by atoms with Gasteiger partial charge in [0.15, 0.2) is 0 Å². The van der Waals surface area contributed by atoms with Gasteiger partial charge in [-0.2, -0.15) is 0 Å². The van der Waals surface area contributed by atoms with Crippen LogP contribution in [0.1, 0.15) is 43.5 Å². The largest absolute Gasteiger partial charge is 0.465 e. The first kappa shape index (κ1) is 16.0. The third-order valence-corrected chi connectivity index (χ3v) is 4.92. The first-order chi connectivity index (χ1) is 9.90. The zero-order chi connectivity index (χ0) is 15.6. The minimum absolute atomic E-state index is 0.377. The molecule has 0 radical (unpaired) electrons. The summed E-state index contributed by atoms with van der Waals surface area (Å²) in [6.07, 6.45) is 3.34. The SMILES string of the molecule is CCC1(C)CCN(c2c(Cl)cc(N)cc2C(=O)OC)CC1. The van der Waals surface area contributed by atoms with Crippen molar-refractivity contribution >= 4 is 28.9 Å². The molecule has 0 aliphatic carbocycles. The molecule has 0 unspecified atom stereocenters. The quantitative estimate of drug-likeness (QED) is 0.683. The van der Waals surface area contributed by atoms with E-state index in [1.165, 1.54) is 13.5 Å². The van der Waals surface area contributed by atoms with Gasteiger partial charge < -0.3 is 15.4 Å². The zero-order valence-electron chi connectivity index (χ0n) is 12.9. The highest BCUT2D eigenvalue weighted by molar-refractivity contribution is 6.34. The van der Waals surface area contributed by atoms with Crippen LogP contribution in [0, 0.1) is 5.41 Å². The zero-order valence-corrected chi connectivity index (χ0v) is 13.7. The predicted molar refractivity (Wildman–Crippen MR) is 87.0 cm³/mol. The summed E-state index contributed by atoms with van der Waals surface area (Å²) in [7, 11) is 1.37. The Labute approximate surface area is 131 Å². The maximum absolute atomic E-state index is 12.0. The van der Waals surface area contributed by atoms with Gasteiger partial charge in [-0.25, -0.2) is 4.79 Å². The lowest BCUT2D eigenvalue weighted by atomic mass is 9.78. The number of carbonyl (C=O) groups is 1. The molecule has 0 bridgehead atoms. The summed E-state index contributed by atoms with van der Waals surface area (Å²) in [5, 5.41) is 0.510. The summed E-state index contributed by atoms with van der Waals surface area (Å²) >= 11 is 6.34. The Kier molecular flexibility index (Phi) is 4.67. The van der Waals surface area contributed by atoms with Gasteiger partial charge in [0, 0.05) is 18.8 Å². The Morgan fingerprint density at radius 2 is 2.05 bits per heavy atom. The van der Waals surface area contributed by atoms with Gasteiger partial charge in [0.2, 0.25) is 0 Å². The van der Waals surface area contributed by atoms with Crippen molar-refractivity contribution < 1.29 is 9.53 Å². The number of anilines is 2. The van der Waals surface area contributed by atoms with Crippen LogP contribution in [-0.4, -0.2) is 26.2 Å². The Balaban J connectivity index is 2.34. The number of esters is 1. The molecule has 1 heterocycles. The van der Waals surface area contributed by atoms with Crippen molar-refractivity contribution in [1.29, 1.82) is 0 Å². The molecule has 0 atom stereocenters. The molecular weight excluding hydrogens is 288 g/mol. The first-order valence-corrected chi connectivity index (χ1v) is 7.70. The Morgan fingerprint density at radius 3 is 2.57 bits per heavy atom. The lowest BCUT2D eigenvalue weighted by Gasteiger charge is -2.40. The molecule has 0 aromatic heterocycles. The van der Waals surface area contributed by atoms with E-state index in [1.54, 1.807) is 12.1 Å². The monoisotopic (exact) mass is 310 g/mol. The fourth-order valence-corrected chi connectivity index (χ4v) is 3.18. The van der Waals surface area contributed by atoms with Crippen molar-refractivity contribution in [1.82, 2.24) is 0 Å². The highest BCUT2D eigenvalue weighted by Gasteiger charge is 2.31. The Morgan fingerprint density at radius 1 is 1.43 bits per heavy atom. The molecule has 116 valence electrons. The van der Waals surface area contributed by atoms with Crippen LogP contribution < -0.4 is 10.6 Å². The molecule has 0 amide bonds. The van der Waals surface area contributed by atoms with Crippen LogP contribution in [0.5, 0.6) is 0 Å². The van der Waals surface area contributed by atoms with Gasteiger partial charge in [-0.3, -0.25) is 0 Å². The van der Waals surface area contributed by atoms with Crippen LogP contribution in [0.15, 0.2) is 12.1 Å². The van der Waals surface area contributed by atoms with E-state index < -0.39 is 5.97 Å². The number of nitrogens with zero attached hydrogens (tertiary/aromatic N) is 1. The summed E-state index contributed by atoms with van der Waals surface area (Å²) in [6.45, 7) is 6.32. The average Bonchev–Trinajstić information content (AvgIpc) is 2.47. The van der Waals surface area contributed by atoms with Crippen LogP contribution >= 0.6 is 11.6 Å². The predicted octanol–water partition coefficient (Wildman–Crippen LogP) is 3.73. The normalized spacial score (nSPS) is 17.6. The van der Waals surface area contributed by atoms with Crippen molar-refractivity contribution in [3.63, 3.8) is 0 Å². The Hall–Kier alpha value is -1.42. The van der Waals surface area contributed by atoms with Gasteiger partial charge in [0.1, 0.15) is 0 Å². The summed E-state index contributed by atoms with van der Waals surface area (Å²) < 4.78 is 4.86. The minimum atomic E-state index is -0.400. The van der Waals surface area contributed by atoms with Crippen LogP contribution in [0.25, 0.3) is 0 Å². The van der Waals surface area contributed by atoms with Gasteiger partial charge in [0.05, 0.1) is 23.4 Å². The number of halogens is 1. The number of piperidine rings is 1. The second-order valence-corrected chi connectivity index (χ2v) is 6.45. The number of hydrogen-bond acceptors (Lipinski definition) is 4. The van der Waals surface area contributed by atoms with E-state index >= 15 is 0 Å². The standard InChI is InChI=1S/C16H23ClN2O2/c1-4-16(2)5-7-19(8-6-16)14-12(15(20)21-3)9-11(18)10-13(14)17/h9-10H,4-8,18H2,1-3H3. The summed E-state index contributed by atoms with van der Waals surface area (Å²) in [5.41, 5.74) is 7.85. The van der Waals surface area contributed by atoms with Gasteiger partial charge in [0.25, 0.3) is 0 Å². The molecule has 0 spiro atoms. The molecule has 1 aromatic rings. The highest BCUT2D eigenvalue weighted by Crippen LogP contribution is 2.39. The van der Waals surface area contributed by atoms with Crippen LogP contribution in [0.3, 0.4) is 0 Å². The molecule has 5 heteroatoms. The van der Waals surface area contributed by atoms with E-state index in [2.05, 4.69) is 18.7 Å². The smallest absolute Gasteiger partial charge is 0.340 e. The molecule has 21 heavy (non-hydrogen) atoms. The lowest BCUT2D eigenvalue weighted by molar-refractivity contribution is 0.0601. The maximum atomic E-state index is 12.0. The summed E-state index contributed by atoms with van der Waals surface area (Å²) in [4.78, 5) is 14.2. The van der Waals surface area contributed by atoms with E-state index in [9.17, 15) is 4.79 Å². The average molecular weight is 311 g/mol.